The van der Waals surface area contributed by atoms with Crippen molar-refractivity contribution in [1.82, 2.24) is 15.2 Å². The molecular weight excluding hydrogens is 264 g/mol. The molecule has 21 heavy (non-hydrogen) atoms. The maximum atomic E-state index is 5.77. The Morgan fingerprint density at radius 1 is 1.33 bits per heavy atom. The van der Waals surface area contributed by atoms with E-state index in [1.807, 2.05) is 24.7 Å². The van der Waals surface area contributed by atoms with Gasteiger partial charge in [-0.1, -0.05) is 6.92 Å². The predicted octanol–water partition coefficient (Wildman–Crippen LogP) is 3.12. The predicted molar refractivity (Wildman–Crippen MR) is 83.9 cm³/mol. The zero-order valence-electron chi connectivity index (χ0n) is 13.6. The molecule has 2 unspecified atom stereocenters. The second kappa shape index (κ2) is 6.45. The Kier molecular flexibility index (Phi) is 4.85. The van der Waals surface area contributed by atoms with E-state index in [1.54, 1.807) is 0 Å². The van der Waals surface area contributed by atoms with Gasteiger partial charge in [0.05, 0.1) is 11.7 Å². The van der Waals surface area contributed by atoms with Gasteiger partial charge in [-0.2, -0.15) is 5.10 Å². The first-order valence-electron chi connectivity index (χ1n) is 7.54. The fourth-order valence-corrected chi connectivity index (χ4v) is 2.69. The second-order valence-electron chi connectivity index (χ2n) is 5.72. The van der Waals surface area contributed by atoms with E-state index in [0.29, 0.717) is 6.04 Å². The van der Waals surface area contributed by atoms with E-state index >= 15 is 0 Å². The number of hydrogen-bond donors (Lipinski definition) is 2. The van der Waals surface area contributed by atoms with Crippen LogP contribution >= 0.6 is 0 Å². The lowest BCUT2D eigenvalue weighted by Crippen LogP contribution is -2.30. The topological polar surface area (TPSA) is 69.0 Å². The SMILES string of the molecule is CCC(C)n1ccc(CC(NN)c2c(C)oc(C)c2C)n1. The highest BCUT2D eigenvalue weighted by molar-refractivity contribution is 5.35. The molecule has 0 aliphatic carbocycles. The van der Waals surface area contributed by atoms with Gasteiger partial charge in [0.25, 0.3) is 0 Å². The molecule has 0 radical (unpaired) electrons. The summed E-state index contributed by atoms with van der Waals surface area (Å²) in [5.41, 5.74) is 6.25. The molecule has 3 N–H and O–H groups in total. The summed E-state index contributed by atoms with van der Waals surface area (Å²) in [6, 6.07) is 2.50. The van der Waals surface area contributed by atoms with Crippen molar-refractivity contribution in [2.24, 2.45) is 5.84 Å². The minimum atomic E-state index is 0.0164. The number of furan rings is 1. The Hall–Kier alpha value is -1.59. The monoisotopic (exact) mass is 290 g/mol. The van der Waals surface area contributed by atoms with Crippen molar-refractivity contribution in [2.75, 3.05) is 0 Å². The molecule has 0 aliphatic rings. The molecule has 2 heterocycles. The van der Waals surface area contributed by atoms with Crippen LogP contribution in [0.15, 0.2) is 16.7 Å². The van der Waals surface area contributed by atoms with Gasteiger partial charge in [0, 0.05) is 24.2 Å². The Balaban J connectivity index is 2.21. The van der Waals surface area contributed by atoms with Crippen LogP contribution in [0.5, 0.6) is 0 Å². The summed E-state index contributed by atoms with van der Waals surface area (Å²) in [7, 11) is 0. The van der Waals surface area contributed by atoms with Crippen LogP contribution in [-0.2, 0) is 6.42 Å². The summed E-state index contributed by atoms with van der Waals surface area (Å²) in [6.45, 7) is 10.4. The number of nitrogens with two attached hydrogens (primary N) is 1. The van der Waals surface area contributed by atoms with Crippen molar-refractivity contribution in [2.45, 2.75) is 59.5 Å². The van der Waals surface area contributed by atoms with Gasteiger partial charge in [0.1, 0.15) is 11.5 Å². The first-order valence-corrected chi connectivity index (χ1v) is 7.54. The molecule has 2 atom stereocenters. The maximum Gasteiger partial charge on any atom is 0.106 e. The minimum absolute atomic E-state index is 0.0164. The number of nitrogens with one attached hydrogen (secondary N) is 1. The minimum Gasteiger partial charge on any atom is -0.466 e. The van der Waals surface area contributed by atoms with Gasteiger partial charge in [0.15, 0.2) is 0 Å². The van der Waals surface area contributed by atoms with Crippen molar-refractivity contribution in [1.29, 1.82) is 0 Å². The van der Waals surface area contributed by atoms with E-state index < -0.39 is 0 Å². The largest absolute Gasteiger partial charge is 0.466 e. The Bertz CT molecular complexity index is 599. The van der Waals surface area contributed by atoms with Gasteiger partial charge in [-0.3, -0.25) is 16.0 Å². The van der Waals surface area contributed by atoms with Gasteiger partial charge in [-0.05, 0) is 45.7 Å². The molecule has 0 aliphatic heterocycles. The van der Waals surface area contributed by atoms with Crippen molar-refractivity contribution in [3.8, 4) is 0 Å². The number of hydrogen-bond acceptors (Lipinski definition) is 4. The first-order chi connectivity index (χ1) is 9.97. The average molecular weight is 290 g/mol. The molecule has 5 heteroatoms. The van der Waals surface area contributed by atoms with Crippen LogP contribution in [0.25, 0.3) is 0 Å². The lowest BCUT2D eigenvalue weighted by Gasteiger charge is -2.15. The highest BCUT2D eigenvalue weighted by Gasteiger charge is 2.21. The fraction of sp³-hybridized carbons (Fsp3) is 0.562. The standard InChI is InChI=1S/C16H26N4O/c1-6-10(2)20-8-7-14(19-20)9-15(18-17)16-11(3)12(4)21-13(16)5/h7-8,10,15,18H,6,9,17H2,1-5H3. The Morgan fingerprint density at radius 3 is 2.57 bits per heavy atom. The molecule has 0 amide bonds. The highest BCUT2D eigenvalue weighted by Crippen LogP contribution is 2.28. The number of aromatic nitrogens is 2. The molecule has 5 nitrogen and oxygen atoms in total. The molecule has 2 aromatic rings. The maximum absolute atomic E-state index is 5.77. The van der Waals surface area contributed by atoms with Crippen molar-refractivity contribution in [3.63, 3.8) is 0 Å². The number of nitrogens with zero attached hydrogens (tertiary/aromatic N) is 2. The Morgan fingerprint density at radius 2 is 2.05 bits per heavy atom. The van der Waals surface area contributed by atoms with Crippen LogP contribution in [0.4, 0.5) is 0 Å². The summed E-state index contributed by atoms with van der Waals surface area (Å²) in [5.74, 6) is 7.64. The van der Waals surface area contributed by atoms with Crippen molar-refractivity contribution >= 4 is 0 Å². The van der Waals surface area contributed by atoms with E-state index in [1.165, 1.54) is 0 Å². The Labute approximate surface area is 126 Å². The van der Waals surface area contributed by atoms with Gasteiger partial charge >= 0.3 is 0 Å². The third-order valence-electron chi connectivity index (χ3n) is 4.29. The number of hydrazine groups is 1. The third kappa shape index (κ3) is 3.19. The molecule has 0 spiro atoms. The zero-order valence-corrected chi connectivity index (χ0v) is 13.6. The van der Waals surface area contributed by atoms with Crippen LogP contribution in [0.3, 0.4) is 0 Å². The second-order valence-corrected chi connectivity index (χ2v) is 5.72. The van der Waals surface area contributed by atoms with Gasteiger partial charge < -0.3 is 4.42 Å². The molecule has 116 valence electrons. The fourth-order valence-electron chi connectivity index (χ4n) is 2.69. The molecule has 0 saturated heterocycles. The first kappa shape index (κ1) is 15.8. The molecule has 0 bridgehead atoms. The zero-order chi connectivity index (χ0) is 15.6. The van der Waals surface area contributed by atoms with Crippen LogP contribution in [0, 0.1) is 20.8 Å². The molecule has 0 fully saturated rings. The lowest BCUT2D eigenvalue weighted by atomic mass is 9.99. The quantitative estimate of drug-likeness (QED) is 0.633. The van der Waals surface area contributed by atoms with Gasteiger partial charge in [0.2, 0.25) is 0 Å². The normalized spacial score (nSPS) is 14.4. The summed E-state index contributed by atoms with van der Waals surface area (Å²) < 4.78 is 7.72. The van der Waals surface area contributed by atoms with Crippen molar-refractivity contribution in [3.05, 3.63) is 40.6 Å². The highest BCUT2D eigenvalue weighted by atomic mass is 16.3. The summed E-state index contributed by atoms with van der Waals surface area (Å²) >= 11 is 0. The van der Waals surface area contributed by atoms with E-state index in [2.05, 4.69) is 37.4 Å². The van der Waals surface area contributed by atoms with E-state index in [9.17, 15) is 0 Å². The van der Waals surface area contributed by atoms with Gasteiger partial charge in [-0.25, -0.2) is 0 Å². The summed E-state index contributed by atoms with van der Waals surface area (Å²) in [6.07, 6.45) is 3.86. The van der Waals surface area contributed by atoms with Gasteiger partial charge in [-0.15, -0.1) is 0 Å². The summed E-state index contributed by atoms with van der Waals surface area (Å²) in [4.78, 5) is 0. The molecule has 2 rings (SSSR count). The van der Waals surface area contributed by atoms with Crippen LogP contribution in [0.2, 0.25) is 0 Å². The van der Waals surface area contributed by atoms with Crippen LogP contribution in [0.1, 0.15) is 60.7 Å². The molecular formula is C16H26N4O. The van der Waals surface area contributed by atoms with E-state index in [4.69, 9.17) is 10.3 Å². The molecule has 0 saturated carbocycles. The smallest absolute Gasteiger partial charge is 0.106 e. The number of aryl methyl sites for hydroxylation is 2. The van der Waals surface area contributed by atoms with Crippen molar-refractivity contribution < 1.29 is 4.42 Å². The van der Waals surface area contributed by atoms with Crippen LogP contribution < -0.4 is 11.3 Å². The van der Waals surface area contributed by atoms with E-state index in [-0.39, 0.29) is 6.04 Å². The molecule has 2 aromatic heterocycles. The van der Waals surface area contributed by atoms with Crippen LogP contribution in [-0.4, -0.2) is 9.78 Å². The molecule has 0 aromatic carbocycles. The number of rotatable bonds is 6. The van der Waals surface area contributed by atoms with E-state index in [0.717, 1.165) is 41.2 Å². The summed E-state index contributed by atoms with van der Waals surface area (Å²) in [5, 5.41) is 4.65. The lowest BCUT2D eigenvalue weighted by molar-refractivity contribution is 0.462. The third-order valence-corrected chi connectivity index (χ3v) is 4.29. The average Bonchev–Trinajstić information content (AvgIpc) is 3.02.